The van der Waals surface area contributed by atoms with Crippen LogP contribution in [0.3, 0.4) is 0 Å². The average molecular weight is 359 g/mol. The number of carbonyl (C=O) groups is 2. The third kappa shape index (κ3) is 2.13. The molecule has 2 aromatic carbocycles. The zero-order valence-electron chi connectivity index (χ0n) is 13.9. The van der Waals surface area contributed by atoms with Crippen LogP contribution in [0.25, 0.3) is 0 Å². The summed E-state index contributed by atoms with van der Waals surface area (Å²) in [6.45, 7) is 1.53. The molecule has 1 amide bonds. The van der Waals surface area contributed by atoms with Gasteiger partial charge in [0.15, 0.2) is 11.6 Å². The number of amides is 1. The Balaban J connectivity index is 1.86. The van der Waals surface area contributed by atoms with Gasteiger partial charge in [-0.15, -0.1) is 0 Å². The van der Waals surface area contributed by atoms with Crippen LogP contribution >= 0.6 is 0 Å². The van der Waals surface area contributed by atoms with Crippen LogP contribution in [0.15, 0.2) is 36.4 Å². The van der Waals surface area contributed by atoms with Gasteiger partial charge in [-0.05, 0) is 24.6 Å². The van der Waals surface area contributed by atoms with E-state index in [-0.39, 0.29) is 31.1 Å². The number of hydrogen-bond donors (Lipinski definition) is 0. The molecule has 0 bridgehead atoms. The van der Waals surface area contributed by atoms with Gasteiger partial charge in [-0.25, -0.2) is 8.78 Å². The highest BCUT2D eigenvalue weighted by atomic mass is 19.2. The van der Waals surface area contributed by atoms with Crippen LogP contribution in [0.5, 0.6) is 5.75 Å². The van der Waals surface area contributed by atoms with Crippen LogP contribution in [0.1, 0.15) is 18.1 Å². The molecule has 5 nitrogen and oxygen atoms in total. The Kier molecular flexibility index (Phi) is 3.68. The Labute approximate surface area is 148 Å². The van der Waals surface area contributed by atoms with Crippen molar-refractivity contribution in [1.82, 2.24) is 0 Å². The number of para-hydroxylation sites is 1. The van der Waals surface area contributed by atoms with Crippen LogP contribution in [0, 0.1) is 11.6 Å². The summed E-state index contributed by atoms with van der Waals surface area (Å²) in [5.74, 6) is -2.93. The van der Waals surface area contributed by atoms with Crippen molar-refractivity contribution in [3.63, 3.8) is 0 Å². The van der Waals surface area contributed by atoms with E-state index in [0.717, 1.165) is 12.1 Å². The standard InChI is InChI=1S/C19H15F2NO4/c1-2-25-17(23)9-22-15-6-4-3-5-11(15)19(18(22)24)10-26-16-8-14(21)13(20)7-12(16)19/h3-8H,2,9-10H2,1H3. The van der Waals surface area contributed by atoms with Crippen molar-refractivity contribution in [2.75, 3.05) is 24.7 Å². The van der Waals surface area contributed by atoms with E-state index >= 15 is 0 Å². The van der Waals surface area contributed by atoms with Gasteiger partial charge in [-0.2, -0.15) is 0 Å². The van der Waals surface area contributed by atoms with Gasteiger partial charge in [0.05, 0.1) is 6.61 Å². The Bertz CT molecular complexity index is 930. The van der Waals surface area contributed by atoms with Gasteiger partial charge in [-0.3, -0.25) is 14.5 Å². The van der Waals surface area contributed by atoms with Crippen molar-refractivity contribution in [2.45, 2.75) is 12.3 Å². The van der Waals surface area contributed by atoms with Crippen LogP contribution < -0.4 is 9.64 Å². The zero-order chi connectivity index (χ0) is 18.5. The van der Waals surface area contributed by atoms with Crippen molar-refractivity contribution in [1.29, 1.82) is 0 Å². The minimum absolute atomic E-state index is 0.0829. The molecule has 0 aliphatic carbocycles. The molecule has 134 valence electrons. The first-order chi connectivity index (χ1) is 12.5. The van der Waals surface area contributed by atoms with E-state index in [1.807, 2.05) is 0 Å². The summed E-state index contributed by atoms with van der Waals surface area (Å²) in [6.07, 6.45) is 0. The largest absolute Gasteiger partial charge is 0.491 e. The van der Waals surface area contributed by atoms with Crippen LogP contribution in [0.4, 0.5) is 14.5 Å². The first-order valence-electron chi connectivity index (χ1n) is 8.18. The highest BCUT2D eigenvalue weighted by Gasteiger charge is 2.57. The number of fused-ring (bicyclic) bond motifs is 4. The van der Waals surface area contributed by atoms with Gasteiger partial charge >= 0.3 is 5.97 Å². The second kappa shape index (κ2) is 5.79. The second-order valence-electron chi connectivity index (χ2n) is 6.17. The molecule has 1 atom stereocenters. The fraction of sp³-hybridized carbons (Fsp3) is 0.263. The second-order valence-corrected chi connectivity index (χ2v) is 6.17. The van der Waals surface area contributed by atoms with E-state index in [1.165, 1.54) is 4.90 Å². The Hall–Kier alpha value is -2.96. The van der Waals surface area contributed by atoms with Crippen molar-refractivity contribution in [3.05, 3.63) is 59.2 Å². The molecule has 0 N–H and O–H groups in total. The van der Waals surface area contributed by atoms with Crippen molar-refractivity contribution in [2.24, 2.45) is 0 Å². The minimum atomic E-state index is -1.30. The molecule has 0 aromatic heterocycles. The molecule has 7 heteroatoms. The smallest absolute Gasteiger partial charge is 0.326 e. The summed E-state index contributed by atoms with van der Waals surface area (Å²) >= 11 is 0. The van der Waals surface area contributed by atoms with Crippen molar-refractivity contribution < 1.29 is 27.8 Å². The SMILES string of the molecule is CCOC(=O)CN1C(=O)C2(COc3cc(F)c(F)cc32)c2ccccc21. The van der Waals surface area contributed by atoms with Gasteiger partial charge in [-0.1, -0.05) is 18.2 Å². The third-order valence-electron chi connectivity index (χ3n) is 4.78. The zero-order valence-corrected chi connectivity index (χ0v) is 13.9. The molecule has 26 heavy (non-hydrogen) atoms. The van der Waals surface area contributed by atoms with E-state index in [2.05, 4.69) is 0 Å². The summed E-state index contributed by atoms with van der Waals surface area (Å²) in [7, 11) is 0. The monoisotopic (exact) mass is 359 g/mol. The predicted molar refractivity (Wildman–Crippen MR) is 88.1 cm³/mol. The van der Waals surface area contributed by atoms with E-state index < -0.39 is 28.9 Å². The van der Waals surface area contributed by atoms with Gasteiger partial charge in [0.2, 0.25) is 5.91 Å². The first kappa shape index (κ1) is 16.5. The maximum atomic E-state index is 13.9. The highest BCUT2D eigenvalue weighted by Crippen LogP contribution is 2.52. The van der Waals surface area contributed by atoms with Gasteiger partial charge in [0.25, 0.3) is 0 Å². The summed E-state index contributed by atoms with van der Waals surface area (Å²) in [5.41, 5.74) is 0.0958. The van der Waals surface area contributed by atoms with Gasteiger partial charge in [0.1, 0.15) is 24.3 Å². The lowest BCUT2D eigenvalue weighted by molar-refractivity contribution is -0.142. The fourth-order valence-corrected chi connectivity index (χ4v) is 3.66. The fourth-order valence-electron chi connectivity index (χ4n) is 3.66. The molecule has 0 fully saturated rings. The summed E-state index contributed by atoms with van der Waals surface area (Å²) in [4.78, 5) is 26.6. The number of benzene rings is 2. The molecule has 4 rings (SSSR count). The summed E-state index contributed by atoms with van der Waals surface area (Å²) < 4.78 is 37.9. The molecule has 0 saturated carbocycles. The number of esters is 1. The van der Waals surface area contributed by atoms with Crippen molar-refractivity contribution in [3.8, 4) is 5.75 Å². The van der Waals surface area contributed by atoms with E-state index in [0.29, 0.717) is 11.3 Å². The number of nitrogens with zero attached hydrogens (tertiary/aromatic N) is 1. The lowest BCUT2D eigenvalue weighted by atomic mass is 9.77. The number of hydrogen-bond acceptors (Lipinski definition) is 4. The lowest BCUT2D eigenvalue weighted by Gasteiger charge is -2.22. The Morgan fingerprint density at radius 1 is 1.23 bits per heavy atom. The maximum absolute atomic E-state index is 13.9. The number of anilines is 1. The highest BCUT2D eigenvalue weighted by molar-refractivity contribution is 6.13. The third-order valence-corrected chi connectivity index (χ3v) is 4.78. The number of rotatable bonds is 3. The van der Waals surface area contributed by atoms with E-state index in [4.69, 9.17) is 9.47 Å². The molecule has 2 aliphatic rings. The molecule has 0 radical (unpaired) electrons. The van der Waals surface area contributed by atoms with Gasteiger partial charge in [0, 0.05) is 17.3 Å². The molecule has 1 unspecified atom stereocenters. The predicted octanol–water partition coefficient (Wildman–Crippen LogP) is 2.55. The van der Waals surface area contributed by atoms with Gasteiger partial charge < -0.3 is 9.47 Å². The molecule has 2 aliphatic heterocycles. The first-order valence-corrected chi connectivity index (χ1v) is 8.18. The molecule has 2 aromatic rings. The number of halogens is 2. The molecule has 0 saturated heterocycles. The Morgan fingerprint density at radius 3 is 2.73 bits per heavy atom. The summed E-state index contributed by atoms with van der Waals surface area (Å²) in [5, 5.41) is 0. The quantitative estimate of drug-likeness (QED) is 0.791. The van der Waals surface area contributed by atoms with E-state index in [1.54, 1.807) is 31.2 Å². The molecule has 1 spiro atoms. The molecular formula is C19H15F2NO4. The molecule has 2 heterocycles. The van der Waals surface area contributed by atoms with Crippen LogP contribution in [-0.2, 0) is 19.7 Å². The minimum Gasteiger partial charge on any atom is -0.491 e. The lowest BCUT2D eigenvalue weighted by Crippen LogP contribution is -2.44. The van der Waals surface area contributed by atoms with Crippen molar-refractivity contribution >= 4 is 17.6 Å². The van der Waals surface area contributed by atoms with Crippen LogP contribution in [0.2, 0.25) is 0 Å². The number of ether oxygens (including phenoxy) is 2. The Morgan fingerprint density at radius 2 is 1.96 bits per heavy atom. The number of carbonyl (C=O) groups excluding carboxylic acids is 2. The normalized spacial score (nSPS) is 20.1. The maximum Gasteiger partial charge on any atom is 0.326 e. The summed E-state index contributed by atoms with van der Waals surface area (Å²) in [6, 6.07) is 8.88. The topological polar surface area (TPSA) is 55.8 Å². The average Bonchev–Trinajstić information content (AvgIpc) is 3.09. The van der Waals surface area contributed by atoms with E-state index in [9.17, 15) is 18.4 Å². The molecular weight excluding hydrogens is 344 g/mol. The van der Waals surface area contributed by atoms with Crippen LogP contribution in [-0.4, -0.2) is 31.6 Å².